The molecule has 1 aliphatic rings. The molecule has 0 radical (unpaired) electrons. The van der Waals surface area contributed by atoms with Crippen LogP contribution in [-0.4, -0.2) is 50.4 Å². The number of aromatic amines is 1. The zero-order valence-corrected chi connectivity index (χ0v) is 18.9. The SMILES string of the molecule is CC(On1c(=O)[nH]c2ncc(-c3cnn(N4CC=NCC4)c3)cc21)c1c(Cl)ccc(F)c1Cl. The molecular formula is C21H18Cl2FN7O2. The lowest BCUT2D eigenvalue weighted by atomic mass is 10.1. The summed E-state index contributed by atoms with van der Waals surface area (Å²) in [5, 5.41) is 6.54. The molecule has 1 aliphatic heterocycles. The van der Waals surface area contributed by atoms with Crippen LogP contribution in [0.15, 0.2) is 46.6 Å². The Morgan fingerprint density at radius 2 is 2.09 bits per heavy atom. The van der Waals surface area contributed by atoms with Crippen LogP contribution >= 0.6 is 23.2 Å². The van der Waals surface area contributed by atoms with Crippen LogP contribution in [-0.2, 0) is 0 Å². The number of hydrogen-bond acceptors (Lipinski definition) is 6. The Kier molecular flexibility index (Phi) is 5.55. The summed E-state index contributed by atoms with van der Waals surface area (Å²) >= 11 is 12.3. The summed E-state index contributed by atoms with van der Waals surface area (Å²) in [4.78, 5) is 31.4. The number of hydrogen-bond donors (Lipinski definition) is 1. The Morgan fingerprint density at radius 1 is 1.24 bits per heavy atom. The molecule has 33 heavy (non-hydrogen) atoms. The topological polar surface area (TPSA) is 93.3 Å². The van der Waals surface area contributed by atoms with Gasteiger partial charge in [0.05, 0.1) is 37.1 Å². The highest BCUT2D eigenvalue weighted by molar-refractivity contribution is 6.36. The van der Waals surface area contributed by atoms with Crippen LogP contribution in [0, 0.1) is 5.82 Å². The van der Waals surface area contributed by atoms with Gasteiger partial charge in [0.25, 0.3) is 0 Å². The maximum atomic E-state index is 14.0. The van der Waals surface area contributed by atoms with Crippen molar-refractivity contribution in [3.63, 3.8) is 0 Å². The van der Waals surface area contributed by atoms with Gasteiger partial charge in [0.2, 0.25) is 0 Å². The number of nitrogens with zero attached hydrogens (tertiary/aromatic N) is 6. The van der Waals surface area contributed by atoms with E-state index in [1.165, 1.54) is 12.1 Å². The molecule has 1 N–H and O–H groups in total. The van der Waals surface area contributed by atoms with Crippen LogP contribution in [0.25, 0.3) is 22.3 Å². The molecule has 4 heterocycles. The van der Waals surface area contributed by atoms with Crippen molar-refractivity contribution in [2.75, 3.05) is 24.6 Å². The average molecular weight is 490 g/mol. The molecule has 9 nitrogen and oxygen atoms in total. The molecule has 12 heteroatoms. The van der Waals surface area contributed by atoms with Gasteiger partial charge >= 0.3 is 5.69 Å². The van der Waals surface area contributed by atoms with Crippen molar-refractivity contribution >= 4 is 40.6 Å². The summed E-state index contributed by atoms with van der Waals surface area (Å²) in [6, 6.07) is 4.33. The molecule has 0 spiro atoms. The van der Waals surface area contributed by atoms with Crippen molar-refractivity contribution in [1.82, 2.24) is 24.6 Å². The van der Waals surface area contributed by atoms with E-state index in [1.54, 1.807) is 30.2 Å². The molecule has 1 unspecified atom stereocenters. The normalized spacial score (nSPS) is 14.7. The summed E-state index contributed by atoms with van der Waals surface area (Å²) in [7, 11) is 0. The molecule has 1 atom stereocenters. The van der Waals surface area contributed by atoms with Crippen molar-refractivity contribution in [3.8, 4) is 11.1 Å². The first-order chi connectivity index (χ1) is 15.9. The number of aromatic nitrogens is 5. The molecular weight excluding hydrogens is 472 g/mol. The van der Waals surface area contributed by atoms with E-state index in [-0.39, 0.29) is 15.6 Å². The predicted octanol–water partition coefficient (Wildman–Crippen LogP) is 3.25. The molecule has 4 aromatic rings. The lowest BCUT2D eigenvalue weighted by Gasteiger charge is -2.24. The molecule has 170 valence electrons. The molecule has 0 saturated heterocycles. The van der Waals surface area contributed by atoms with Crippen molar-refractivity contribution in [1.29, 1.82) is 0 Å². The minimum atomic E-state index is -0.815. The third-order valence-corrected chi connectivity index (χ3v) is 6.06. The third kappa shape index (κ3) is 3.96. The number of fused-ring (bicyclic) bond motifs is 1. The monoisotopic (exact) mass is 489 g/mol. The molecule has 0 saturated carbocycles. The first kappa shape index (κ1) is 21.5. The first-order valence-corrected chi connectivity index (χ1v) is 10.9. The summed E-state index contributed by atoms with van der Waals surface area (Å²) in [6.45, 7) is 3.78. The molecule has 0 aliphatic carbocycles. The van der Waals surface area contributed by atoms with E-state index in [4.69, 9.17) is 28.0 Å². The molecule has 0 amide bonds. The Labute approximate surface area is 197 Å². The number of rotatable bonds is 5. The second-order valence-electron chi connectivity index (χ2n) is 7.47. The summed E-state index contributed by atoms with van der Waals surface area (Å²) in [6.07, 6.45) is 6.29. The van der Waals surface area contributed by atoms with Gasteiger partial charge in [0.15, 0.2) is 11.8 Å². The molecule has 5 rings (SSSR count). The van der Waals surface area contributed by atoms with Gasteiger partial charge in [-0.2, -0.15) is 9.89 Å². The lowest BCUT2D eigenvalue weighted by molar-refractivity contribution is 0.0492. The van der Waals surface area contributed by atoms with E-state index in [0.717, 1.165) is 22.4 Å². The van der Waals surface area contributed by atoms with E-state index < -0.39 is 17.6 Å². The quantitative estimate of drug-likeness (QED) is 0.434. The number of aliphatic imine (C=N–C) groups is 1. The standard InChI is InChI=1S/C21H18Cl2FN7O2/c1-12(18-15(22)2-3-16(24)19(18)23)33-31-17-8-13(9-26-20(17)28-21(31)32)14-10-27-30(11-14)29-6-4-25-5-7-29/h2-4,8-12H,5-7H2,1H3,(H,26,28,32). The van der Waals surface area contributed by atoms with Crippen molar-refractivity contribution in [3.05, 3.63) is 68.7 Å². The molecule has 1 aromatic carbocycles. The smallest absolute Gasteiger partial charge is 0.360 e. The Balaban J connectivity index is 1.49. The number of pyridine rings is 1. The average Bonchev–Trinajstić information content (AvgIpc) is 3.42. The van der Waals surface area contributed by atoms with Crippen LogP contribution in [0.4, 0.5) is 4.39 Å². The number of H-pyrrole nitrogens is 1. The number of benzene rings is 1. The van der Waals surface area contributed by atoms with Gasteiger partial charge in [-0.3, -0.25) is 15.0 Å². The van der Waals surface area contributed by atoms with Crippen molar-refractivity contribution < 1.29 is 9.23 Å². The fraction of sp³-hybridized carbons (Fsp3) is 0.238. The van der Waals surface area contributed by atoms with Crippen molar-refractivity contribution in [2.45, 2.75) is 13.0 Å². The van der Waals surface area contributed by atoms with Crippen LogP contribution in [0.5, 0.6) is 0 Å². The number of imidazole rings is 1. The highest BCUT2D eigenvalue weighted by Gasteiger charge is 2.21. The second kappa shape index (κ2) is 8.53. The highest BCUT2D eigenvalue weighted by Crippen LogP contribution is 2.33. The summed E-state index contributed by atoms with van der Waals surface area (Å²) in [5.41, 5.74) is 2.02. The second-order valence-corrected chi connectivity index (χ2v) is 8.26. The minimum Gasteiger partial charge on any atom is -0.401 e. The Morgan fingerprint density at radius 3 is 2.88 bits per heavy atom. The van der Waals surface area contributed by atoms with E-state index in [1.807, 2.05) is 17.4 Å². The number of halogens is 3. The van der Waals surface area contributed by atoms with Gasteiger partial charge in [0.1, 0.15) is 11.3 Å². The van der Waals surface area contributed by atoms with E-state index >= 15 is 0 Å². The van der Waals surface area contributed by atoms with Gasteiger partial charge in [-0.25, -0.2) is 14.2 Å². The fourth-order valence-corrected chi connectivity index (χ4v) is 4.34. The lowest BCUT2D eigenvalue weighted by Crippen LogP contribution is -2.40. The predicted molar refractivity (Wildman–Crippen MR) is 124 cm³/mol. The van der Waals surface area contributed by atoms with Crippen molar-refractivity contribution in [2.24, 2.45) is 4.99 Å². The zero-order chi connectivity index (χ0) is 23.1. The summed E-state index contributed by atoms with van der Waals surface area (Å²) < 4.78 is 15.0. The van der Waals surface area contributed by atoms with E-state index in [2.05, 4.69) is 20.1 Å². The minimum absolute atomic E-state index is 0.156. The Bertz CT molecular complexity index is 1430. The van der Waals surface area contributed by atoms with Gasteiger partial charge in [-0.15, -0.1) is 4.73 Å². The third-order valence-electron chi connectivity index (χ3n) is 5.35. The Hall–Kier alpha value is -3.37. The van der Waals surface area contributed by atoms with Crippen LogP contribution in [0.1, 0.15) is 18.6 Å². The largest absolute Gasteiger partial charge is 0.401 e. The van der Waals surface area contributed by atoms with E-state index in [9.17, 15) is 9.18 Å². The van der Waals surface area contributed by atoms with E-state index in [0.29, 0.717) is 24.3 Å². The van der Waals surface area contributed by atoms with Gasteiger partial charge < -0.3 is 4.84 Å². The molecule has 0 fully saturated rings. The first-order valence-electron chi connectivity index (χ1n) is 10.1. The maximum Gasteiger partial charge on any atom is 0.360 e. The zero-order valence-electron chi connectivity index (χ0n) is 17.4. The molecule has 3 aromatic heterocycles. The maximum absolute atomic E-state index is 14.0. The number of nitrogens with one attached hydrogen (secondary N) is 1. The van der Waals surface area contributed by atoms with Gasteiger partial charge in [0, 0.05) is 34.1 Å². The van der Waals surface area contributed by atoms with Gasteiger partial charge in [-0.1, -0.05) is 23.2 Å². The van der Waals surface area contributed by atoms with Crippen LogP contribution in [0.3, 0.4) is 0 Å². The fourth-order valence-electron chi connectivity index (χ4n) is 3.66. The molecule has 0 bridgehead atoms. The van der Waals surface area contributed by atoms with Crippen LogP contribution in [0.2, 0.25) is 10.0 Å². The van der Waals surface area contributed by atoms with Crippen LogP contribution < -0.4 is 15.5 Å². The van der Waals surface area contributed by atoms with Gasteiger partial charge in [-0.05, 0) is 25.1 Å². The highest BCUT2D eigenvalue weighted by atomic mass is 35.5. The summed E-state index contributed by atoms with van der Waals surface area (Å²) in [5.74, 6) is -0.626.